The maximum atomic E-state index is 14.4. The fourth-order valence-corrected chi connectivity index (χ4v) is 3.55. The summed E-state index contributed by atoms with van der Waals surface area (Å²) in [6, 6.07) is 14.6. The number of aromatic nitrogens is 2. The quantitative estimate of drug-likeness (QED) is 0.467. The molecule has 1 aromatic heterocycles. The van der Waals surface area contributed by atoms with Crippen LogP contribution in [0.15, 0.2) is 64.3 Å². The summed E-state index contributed by atoms with van der Waals surface area (Å²) >= 11 is 3.42. The fourth-order valence-electron chi connectivity index (χ4n) is 3.19. The number of hydrogen-bond acceptors (Lipinski definition) is 2. The molecular weight excluding hydrogens is 438 g/mol. The van der Waals surface area contributed by atoms with Crippen molar-refractivity contribution in [2.45, 2.75) is 25.3 Å². The molecule has 0 radical (unpaired) electrons. The minimum atomic E-state index is -4.41. The Balaban J connectivity index is 1.96. The number of hydrogen-bond donors (Lipinski definition) is 0. The Hall–Kier alpha value is -2.48. The second-order valence-corrected chi connectivity index (χ2v) is 7.48. The van der Waals surface area contributed by atoms with Gasteiger partial charge in [-0.3, -0.25) is 4.99 Å². The Morgan fingerprint density at radius 1 is 1.04 bits per heavy atom. The van der Waals surface area contributed by atoms with Gasteiger partial charge in [0.1, 0.15) is 12.0 Å². The maximum absolute atomic E-state index is 14.4. The smallest absolute Gasteiger partial charge is 0.300 e. The van der Waals surface area contributed by atoms with Crippen molar-refractivity contribution in [3.63, 3.8) is 0 Å². The summed E-state index contributed by atoms with van der Waals surface area (Å²) in [4.78, 5) is 8.15. The third-order valence-electron chi connectivity index (χ3n) is 4.62. The number of rotatable bonds is 3. The van der Waals surface area contributed by atoms with Gasteiger partial charge in [-0.2, -0.15) is 17.6 Å². The Morgan fingerprint density at radius 3 is 2.43 bits per heavy atom. The molecule has 0 saturated carbocycles. The molecule has 0 unspecified atom stereocenters. The van der Waals surface area contributed by atoms with E-state index in [9.17, 15) is 17.6 Å². The lowest BCUT2D eigenvalue weighted by Crippen LogP contribution is -2.36. The highest BCUT2D eigenvalue weighted by Gasteiger charge is 2.56. The van der Waals surface area contributed by atoms with Crippen molar-refractivity contribution in [3.8, 4) is 5.69 Å². The molecule has 2 aromatic carbocycles. The predicted octanol–water partition coefficient (Wildman–Crippen LogP) is 5.73. The largest absolute Gasteiger partial charge is 0.353 e. The van der Waals surface area contributed by atoms with Crippen LogP contribution in [0.1, 0.15) is 29.4 Å². The van der Waals surface area contributed by atoms with Gasteiger partial charge in [0, 0.05) is 22.5 Å². The molecule has 28 heavy (non-hydrogen) atoms. The van der Waals surface area contributed by atoms with Crippen LogP contribution >= 0.6 is 15.9 Å². The molecular formula is C20H14BrF4N3. The molecule has 8 heteroatoms. The van der Waals surface area contributed by atoms with E-state index in [-0.39, 0.29) is 19.2 Å². The van der Waals surface area contributed by atoms with Crippen LogP contribution in [0.3, 0.4) is 0 Å². The average Bonchev–Trinajstić information content (AvgIpc) is 3.00. The normalized spacial score (nSPS) is 14.1. The van der Waals surface area contributed by atoms with Crippen molar-refractivity contribution >= 4 is 21.6 Å². The number of halogens is 5. The zero-order valence-corrected chi connectivity index (χ0v) is 16.2. The lowest BCUT2D eigenvalue weighted by atomic mass is 10.0. The Bertz CT molecular complexity index is 1070. The van der Waals surface area contributed by atoms with Crippen molar-refractivity contribution in [2.75, 3.05) is 0 Å². The fraction of sp³-hybridized carbons (Fsp3) is 0.200. The number of alkyl halides is 4. The van der Waals surface area contributed by atoms with Crippen molar-refractivity contribution in [2.24, 2.45) is 4.99 Å². The highest BCUT2D eigenvalue weighted by molar-refractivity contribution is 9.10. The average molecular weight is 452 g/mol. The highest BCUT2D eigenvalue weighted by Crippen LogP contribution is 2.44. The Labute approximate surface area is 166 Å². The van der Waals surface area contributed by atoms with Gasteiger partial charge >= 0.3 is 11.8 Å². The third kappa shape index (κ3) is 2.96. The Morgan fingerprint density at radius 2 is 1.75 bits per heavy atom. The third-order valence-corrected chi connectivity index (χ3v) is 5.12. The molecule has 0 fully saturated rings. The van der Waals surface area contributed by atoms with Crippen molar-refractivity contribution in [1.82, 2.24) is 9.55 Å². The summed E-state index contributed by atoms with van der Waals surface area (Å²) in [5.74, 6) is -8.65. The van der Waals surface area contributed by atoms with Crippen LogP contribution in [0.2, 0.25) is 0 Å². The van der Waals surface area contributed by atoms with Gasteiger partial charge in [-0.15, -0.1) is 0 Å². The van der Waals surface area contributed by atoms with Gasteiger partial charge in [-0.25, -0.2) is 4.98 Å². The van der Waals surface area contributed by atoms with Crippen LogP contribution in [-0.4, -0.2) is 21.2 Å². The van der Waals surface area contributed by atoms with Gasteiger partial charge < -0.3 is 4.57 Å². The molecule has 0 atom stereocenters. The summed E-state index contributed by atoms with van der Waals surface area (Å²) < 4.78 is 58.2. The lowest BCUT2D eigenvalue weighted by Gasteiger charge is -2.22. The van der Waals surface area contributed by atoms with E-state index in [2.05, 4.69) is 25.9 Å². The topological polar surface area (TPSA) is 30.2 Å². The standard InChI is InChI=1S/C20H14BrF4N3/c1-19(22,23)20(24,25)18-16-10-26-17(12-5-3-2-4-6-12)14-9-13(21)7-8-15(14)28(16)11-27-18/h2-9,11H,10H2,1H3. The molecule has 0 saturated heterocycles. The van der Waals surface area contributed by atoms with E-state index in [1.165, 1.54) is 4.57 Å². The predicted molar refractivity (Wildman–Crippen MR) is 102 cm³/mol. The SMILES string of the molecule is CC(F)(F)C(F)(F)c1ncn2c1CN=C(c1ccccc1)c1cc(Br)ccc1-2. The molecule has 4 rings (SSSR count). The first kappa shape index (κ1) is 18.9. The first-order valence-electron chi connectivity index (χ1n) is 8.42. The van der Waals surface area contributed by atoms with E-state index in [1.807, 2.05) is 36.4 Å². The molecule has 0 spiro atoms. The minimum absolute atomic E-state index is 0.0546. The second kappa shape index (κ2) is 6.55. The summed E-state index contributed by atoms with van der Waals surface area (Å²) in [6.45, 7) is -0.00328. The van der Waals surface area contributed by atoms with E-state index in [0.29, 0.717) is 17.0 Å². The van der Waals surface area contributed by atoms with E-state index in [4.69, 9.17) is 0 Å². The molecule has 3 nitrogen and oxygen atoms in total. The molecule has 0 N–H and O–H groups in total. The van der Waals surface area contributed by atoms with Gasteiger partial charge in [0.2, 0.25) is 0 Å². The summed E-state index contributed by atoms with van der Waals surface area (Å²) in [5, 5.41) is 0. The van der Waals surface area contributed by atoms with Gasteiger partial charge in [0.25, 0.3) is 0 Å². The number of nitrogens with zero attached hydrogens (tertiary/aromatic N) is 3. The first-order chi connectivity index (χ1) is 13.2. The zero-order chi connectivity index (χ0) is 20.1. The molecule has 1 aliphatic heterocycles. The van der Waals surface area contributed by atoms with Gasteiger partial charge in [-0.05, 0) is 18.2 Å². The Kier molecular flexibility index (Phi) is 4.41. The zero-order valence-electron chi connectivity index (χ0n) is 14.6. The first-order valence-corrected chi connectivity index (χ1v) is 9.22. The summed E-state index contributed by atoms with van der Waals surface area (Å²) in [7, 11) is 0. The van der Waals surface area contributed by atoms with Crippen LogP contribution in [-0.2, 0) is 12.5 Å². The van der Waals surface area contributed by atoms with Crippen LogP contribution < -0.4 is 0 Å². The molecule has 0 amide bonds. The number of aliphatic imine (C=N–C) groups is 1. The highest BCUT2D eigenvalue weighted by atomic mass is 79.9. The lowest BCUT2D eigenvalue weighted by molar-refractivity contribution is -0.207. The monoisotopic (exact) mass is 451 g/mol. The van der Waals surface area contributed by atoms with Gasteiger partial charge in [0.15, 0.2) is 0 Å². The summed E-state index contributed by atoms with van der Waals surface area (Å²) in [6.07, 6.45) is 1.15. The maximum Gasteiger partial charge on any atom is 0.353 e. The molecule has 0 bridgehead atoms. The molecule has 2 heterocycles. The van der Waals surface area contributed by atoms with Crippen LogP contribution in [0, 0.1) is 0 Å². The van der Waals surface area contributed by atoms with Crippen LogP contribution in [0.25, 0.3) is 5.69 Å². The van der Waals surface area contributed by atoms with Crippen molar-refractivity contribution < 1.29 is 17.6 Å². The molecule has 0 aliphatic carbocycles. The summed E-state index contributed by atoms with van der Waals surface area (Å²) in [5.41, 5.74) is 1.63. The number of fused-ring (bicyclic) bond motifs is 3. The van der Waals surface area contributed by atoms with E-state index in [0.717, 1.165) is 16.4 Å². The van der Waals surface area contributed by atoms with Gasteiger partial charge in [0.05, 0.1) is 23.6 Å². The molecule has 144 valence electrons. The van der Waals surface area contributed by atoms with Crippen LogP contribution in [0.4, 0.5) is 17.6 Å². The van der Waals surface area contributed by atoms with E-state index < -0.39 is 17.5 Å². The van der Waals surface area contributed by atoms with E-state index in [1.54, 1.807) is 12.1 Å². The van der Waals surface area contributed by atoms with Crippen molar-refractivity contribution in [3.05, 3.63) is 81.8 Å². The number of imidazole rings is 1. The number of benzene rings is 2. The van der Waals surface area contributed by atoms with Gasteiger partial charge in [-0.1, -0.05) is 46.3 Å². The molecule has 1 aliphatic rings. The molecule has 3 aromatic rings. The minimum Gasteiger partial charge on any atom is -0.300 e. The van der Waals surface area contributed by atoms with Crippen molar-refractivity contribution in [1.29, 1.82) is 0 Å². The van der Waals surface area contributed by atoms with E-state index >= 15 is 0 Å². The second-order valence-electron chi connectivity index (χ2n) is 6.56. The van der Waals surface area contributed by atoms with Crippen LogP contribution in [0.5, 0.6) is 0 Å².